The average molecular weight is 373 g/mol. The van der Waals surface area contributed by atoms with Gasteiger partial charge in [0, 0.05) is 38.5 Å². The van der Waals surface area contributed by atoms with E-state index in [4.69, 9.17) is 4.52 Å². The first-order valence-electron chi connectivity index (χ1n) is 9.90. The van der Waals surface area contributed by atoms with Gasteiger partial charge in [-0.3, -0.25) is 9.48 Å². The Kier molecular flexibility index (Phi) is 5.47. The highest BCUT2D eigenvalue weighted by molar-refractivity contribution is 5.91. The molecule has 2 aliphatic rings. The van der Waals surface area contributed by atoms with Crippen molar-refractivity contribution >= 4 is 5.91 Å². The predicted molar refractivity (Wildman–Crippen MR) is 97.2 cm³/mol. The number of aryl methyl sites for hydroxylation is 1. The molecule has 2 aromatic heterocycles. The van der Waals surface area contributed by atoms with Gasteiger partial charge in [-0.2, -0.15) is 4.98 Å². The van der Waals surface area contributed by atoms with Crippen molar-refractivity contribution in [3.63, 3.8) is 0 Å². The summed E-state index contributed by atoms with van der Waals surface area (Å²) in [5.74, 6) is 1.70. The van der Waals surface area contributed by atoms with E-state index in [9.17, 15) is 4.79 Å². The largest absolute Gasteiger partial charge is 0.340 e. The van der Waals surface area contributed by atoms with Crippen molar-refractivity contribution in [2.45, 2.75) is 63.5 Å². The van der Waals surface area contributed by atoms with E-state index in [1.54, 1.807) is 22.8 Å². The van der Waals surface area contributed by atoms with Crippen LogP contribution in [0.2, 0.25) is 0 Å². The van der Waals surface area contributed by atoms with Crippen LogP contribution in [0.5, 0.6) is 0 Å². The molecule has 0 aromatic carbocycles. The zero-order valence-electron chi connectivity index (χ0n) is 15.8. The van der Waals surface area contributed by atoms with Crippen molar-refractivity contribution in [1.82, 2.24) is 35.4 Å². The van der Waals surface area contributed by atoms with Crippen molar-refractivity contribution in [2.24, 2.45) is 0 Å². The van der Waals surface area contributed by atoms with Gasteiger partial charge in [0.05, 0.1) is 6.20 Å². The molecule has 1 saturated heterocycles. The molecule has 1 aliphatic carbocycles. The number of hydrogen-bond donors (Lipinski definition) is 1. The lowest BCUT2D eigenvalue weighted by molar-refractivity contribution is 0.0790. The van der Waals surface area contributed by atoms with Crippen molar-refractivity contribution in [2.75, 3.05) is 20.1 Å². The summed E-state index contributed by atoms with van der Waals surface area (Å²) >= 11 is 0. The Bertz CT molecular complexity index is 761. The number of hydrogen-bond acceptors (Lipinski definition) is 7. The normalized spacial score (nSPS) is 20.0. The quantitative estimate of drug-likeness (QED) is 0.746. The van der Waals surface area contributed by atoms with Crippen molar-refractivity contribution < 1.29 is 9.32 Å². The fourth-order valence-corrected chi connectivity index (χ4v) is 3.39. The van der Waals surface area contributed by atoms with E-state index in [2.05, 4.69) is 25.8 Å². The molecule has 9 heteroatoms. The Balaban J connectivity index is 1.24. The summed E-state index contributed by atoms with van der Waals surface area (Å²) in [6.07, 6.45) is 9.33. The second-order valence-corrected chi connectivity index (χ2v) is 7.60. The van der Waals surface area contributed by atoms with E-state index in [1.165, 1.54) is 19.3 Å². The number of carbonyl (C=O) groups excluding carboxylic acids is 1. The van der Waals surface area contributed by atoms with Gasteiger partial charge >= 0.3 is 0 Å². The highest BCUT2D eigenvalue weighted by atomic mass is 16.5. The Morgan fingerprint density at radius 2 is 2.26 bits per heavy atom. The number of piperidine rings is 1. The monoisotopic (exact) mass is 373 g/mol. The van der Waals surface area contributed by atoms with Crippen LogP contribution in [0.1, 0.15) is 66.6 Å². The lowest BCUT2D eigenvalue weighted by atomic mass is 10.0. The first-order valence-corrected chi connectivity index (χ1v) is 9.90. The second kappa shape index (κ2) is 8.16. The average Bonchev–Trinajstić information content (AvgIpc) is 3.26. The zero-order chi connectivity index (χ0) is 18.6. The van der Waals surface area contributed by atoms with Crippen LogP contribution in [0, 0.1) is 0 Å². The highest BCUT2D eigenvalue weighted by Gasteiger charge is 2.29. The van der Waals surface area contributed by atoms with Gasteiger partial charge in [-0.15, -0.1) is 5.10 Å². The topological polar surface area (TPSA) is 102 Å². The van der Waals surface area contributed by atoms with Crippen LogP contribution in [-0.2, 0) is 13.0 Å². The number of amides is 1. The van der Waals surface area contributed by atoms with Crippen LogP contribution in [0.4, 0.5) is 0 Å². The maximum atomic E-state index is 12.5. The number of nitrogens with one attached hydrogen (secondary N) is 1. The van der Waals surface area contributed by atoms with E-state index in [1.807, 2.05) is 0 Å². The molecule has 1 saturated carbocycles. The molecule has 0 radical (unpaired) electrons. The molecular weight excluding hydrogens is 346 g/mol. The predicted octanol–water partition coefficient (Wildman–Crippen LogP) is 1.39. The van der Waals surface area contributed by atoms with Gasteiger partial charge in [0.1, 0.15) is 0 Å². The maximum absolute atomic E-state index is 12.5. The summed E-state index contributed by atoms with van der Waals surface area (Å²) in [6.45, 7) is 2.38. The molecule has 2 aromatic rings. The number of likely N-dealkylation sites (N-methyl/N-ethyl adjacent to an activating group) is 1. The Morgan fingerprint density at radius 3 is 3.04 bits per heavy atom. The van der Waals surface area contributed by atoms with Gasteiger partial charge in [-0.05, 0) is 38.6 Å². The first kappa shape index (κ1) is 18.1. The smallest absolute Gasteiger partial charge is 0.275 e. The molecule has 1 aliphatic heterocycles. The summed E-state index contributed by atoms with van der Waals surface area (Å²) in [4.78, 5) is 18.6. The Labute approximate surface area is 158 Å². The molecular formula is C18H27N7O2. The van der Waals surface area contributed by atoms with E-state index in [-0.39, 0.29) is 5.91 Å². The number of carbonyl (C=O) groups is 1. The standard InChI is InChI=1S/C18H27N7O2/c1-24(10-8-16-20-17(27-22-16)13-5-6-13)18(26)15-12-25(23-21-15)11-7-14-4-2-3-9-19-14/h12-14,19H,2-11H2,1H3/t14-/m1/s1. The molecule has 0 bridgehead atoms. The second-order valence-electron chi connectivity index (χ2n) is 7.60. The van der Waals surface area contributed by atoms with Crippen molar-refractivity contribution in [3.8, 4) is 0 Å². The fraction of sp³-hybridized carbons (Fsp3) is 0.722. The van der Waals surface area contributed by atoms with Crippen LogP contribution in [0.15, 0.2) is 10.7 Å². The number of rotatable bonds is 8. The Hall–Kier alpha value is -2.29. The molecule has 1 N–H and O–H groups in total. The van der Waals surface area contributed by atoms with Gasteiger partial charge in [-0.25, -0.2) is 0 Å². The van der Waals surface area contributed by atoms with Gasteiger partial charge < -0.3 is 14.7 Å². The van der Waals surface area contributed by atoms with E-state index in [0.717, 1.165) is 38.2 Å². The molecule has 1 atom stereocenters. The van der Waals surface area contributed by atoms with Crippen LogP contribution in [0.3, 0.4) is 0 Å². The summed E-state index contributed by atoms with van der Waals surface area (Å²) in [7, 11) is 1.76. The van der Waals surface area contributed by atoms with E-state index in [0.29, 0.717) is 36.4 Å². The van der Waals surface area contributed by atoms with Crippen LogP contribution < -0.4 is 5.32 Å². The number of aromatic nitrogens is 5. The third-order valence-electron chi connectivity index (χ3n) is 5.30. The van der Waals surface area contributed by atoms with Crippen molar-refractivity contribution in [3.05, 3.63) is 23.6 Å². The van der Waals surface area contributed by atoms with Crippen LogP contribution in [-0.4, -0.2) is 62.1 Å². The Morgan fingerprint density at radius 1 is 1.37 bits per heavy atom. The van der Waals surface area contributed by atoms with Gasteiger partial charge in [0.15, 0.2) is 11.5 Å². The SMILES string of the molecule is CN(CCc1noc(C2CC2)n1)C(=O)c1cn(CC[C@H]2CCCCN2)nn1. The minimum absolute atomic E-state index is 0.136. The third-order valence-corrected chi connectivity index (χ3v) is 5.30. The minimum atomic E-state index is -0.136. The first-order chi connectivity index (χ1) is 13.2. The summed E-state index contributed by atoms with van der Waals surface area (Å²) in [6, 6.07) is 0.542. The molecule has 0 unspecified atom stereocenters. The molecule has 27 heavy (non-hydrogen) atoms. The maximum Gasteiger partial charge on any atom is 0.275 e. The van der Waals surface area contributed by atoms with Gasteiger partial charge in [0.2, 0.25) is 5.89 Å². The third kappa shape index (κ3) is 4.71. The molecule has 146 valence electrons. The molecule has 0 spiro atoms. The number of nitrogens with zero attached hydrogens (tertiary/aromatic N) is 6. The summed E-state index contributed by atoms with van der Waals surface area (Å²) in [5, 5.41) is 15.7. The van der Waals surface area contributed by atoms with Crippen LogP contribution in [0.25, 0.3) is 0 Å². The lowest BCUT2D eigenvalue weighted by Crippen LogP contribution is -2.34. The molecule has 2 fully saturated rings. The molecule has 3 heterocycles. The van der Waals surface area contributed by atoms with Crippen LogP contribution >= 0.6 is 0 Å². The highest BCUT2D eigenvalue weighted by Crippen LogP contribution is 2.38. The van der Waals surface area contributed by atoms with E-state index >= 15 is 0 Å². The summed E-state index contributed by atoms with van der Waals surface area (Å²) < 4.78 is 7.01. The van der Waals surface area contributed by atoms with Gasteiger partial charge in [-0.1, -0.05) is 16.8 Å². The molecule has 4 rings (SSSR count). The fourth-order valence-electron chi connectivity index (χ4n) is 3.39. The van der Waals surface area contributed by atoms with E-state index < -0.39 is 0 Å². The van der Waals surface area contributed by atoms with Crippen molar-refractivity contribution in [1.29, 1.82) is 0 Å². The minimum Gasteiger partial charge on any atom is -0.340 e. The van der Waals surface area contributed by atoms with Gasteiger partial charge in [0.25, 0.3) is 5.91 Å². The molecule has 9 nitrogen and oxygen atoms in total. The zero-order valence-corrected chi connectivity index (χ0v) is 15.8. The summed E-state index contributed by atoms with van der Waals surface area (Å²) in [5.41, 5.74) is 0.376. The molecule has 1 amide bonds. The lowest BCUT2D eigenvalue weighted by Gasteiger charge is -2.23.